The molecule has 0 aliphatic rings. The van der Waals surface area contributed by atoms with Crippen molar-refractivity contribution in [3.8, 4) is 0 Å². The molecule has 0 spiro atoms. The highest BCUT2D eigenvalue weighted by Gasteiger charge is 2.27. The van der Waals surface area contributed by atoms with Crippen molar-refractivity contribution >= 4 is 40.8 Å². The number of ether oxygens (including phenoxy) is 1. The topological polar surface area (TPSA) is 66.8 Å². The normalized spacial score (nSPS) is 11.7. The zero-order valence-electron chi connectivity index (χ0n) is 11.8. The van der Waals surface area contributed by atoms with Crippen LogP contribution in [0.25, 0.3) is 5.76 Å². The van der Waals surface area contributed by atoms with E-state index in [4.69, 9.17) is 27.9 Å². The number of carbonyl (C=O) groups excluding carboxylic acids is 2. The smallest absolute Gasteiger partial charge is 0.347 e. The predicted octanol–water partition coefficient (Wildman–Crippen LogP) is 2.91. The van der Waals surface area contributed by atoms with E-state index in [1.165, 1.54) is 32.3 Å². The number of esters is 1. The third-order valence-corrected chi connectivity index (χ3v) is 3.07. The number of carbonyl (C=O) groups is 2. The minimum Gasteiger partial charge on any atom is -0.506 e. The van der Waals surface area contributed by atoms with Crippen molar-refractivity contribution in [2.45, 2.75) is 6.92 Å². The summed E-state index contributed by atoms with van der Waals surface area (Å²) in [6.45, 7) is 1.67. The summed E-state index contributed by atoms with van der Waals surface area (Å²) in [7, 11) is 2.91. The van der Waals surface area contributed by atoms with Crippen molar-refractivity contribution in [3.05, 3.63) is 39.4 Å². The lowest BCUT2D eigenvalue weighted by Gasteiger charge is -2.15. The van der Waals surface area contributed by atoms with Gasteiger partial charge in [0.2, 0.25) is 0 Å². The molecule has 1 N–H and O–H groups in total. The summed E-state index contributed by atoms with van der Waals surface area (Å²) in [6.07, 6.45) is 0. The van der Waals surface area contributed by atoms with E-state index in [0.29, 0.717) is 5.02 Å². The summed E-state index contributed by atoms with van der Waals surface area (Å²) in [4.78, 5) is 25.2. The van der Waals surface area contributed by atoms with Crippen molar-refractivity contribution in [2.75, 3.05) is 20.7 Å². The quantitative estimate of drug-likeness (QED) is 0.303. The maximum atomic E-state index is 12.1. The molecule has 1 aromatic rings. The number of halogens is 2. The van der Waals surface area contributed by atoms with Gasteiger partial charge in [0.05, 0.1) is 11.6 Å². The maximum Gasteiger partial charge on any atom is 0.347 e. The van der Waals surface area contributed by atoms with E-state index in [1.807, 2.05) is 0 Å². The molecule has 0 fully saturated rings. The number of aliphatic hydroxyl groups is 1. The molecule has 0 aromatic heterocycles. The SMILES string of the molecule is CCOC(=O)C(C(=O)N(C)C)=C(O)c1ccc(Cl)cc1Cl. The van der Waals surface area contributed by atoms with Gasteiger partial charge in [-0.15, -0.1) is 0 Å². The van der Waals surface area contributed by atoms with Crippen LogP contribution in [0.15, 0.2) is 23.8 Å². The molecule has 0 heterocycles. The van der Waals surface area contributed by atoms with Gasteiger partial charge in [0, 0.05) is 24.7 Å². The maximum absolute atomic E-state index is 12.1. The molecule has 1 amide bonds. The minimum absolute atomic E-state index is 0.0741. The molecular weight excluding hydrogens is 317 g/mol. The Balaban J connectivity index is 3.45. The van der Waals surface area contributed by atoms with Crippen molar-refractivity contribution in [1.29, 1.82) is 0 Å². The highest BCUT2D eigenvalue weighted by molar-refractivity contribution is 6.36. The van der Waals surface area contributed by atoms with Gasteiger partial charge in [-0.2, -0.15) is 0 Å². The van der Waals surface area contributed by atoms with E-state index in [9.17, 15) is 14.7 Å². The summed E-state index contributed by atoms with van der Waals surface area (Å²) < 4.78 is 4.81. The molecule has 5 nitrogen and oxygen atoms in total. The second-order valence-electron chi connectivity index (χ2n) is 4.27. The standard InChI is InChI=1S/C14H15Cl2NO4/c1-4-21-14(20)11(13(19)17(2)3)12(18)9-6-5-8(15)7-10(9)16/h5-7,18H,4H2,1-3H3. The Bertz CT molecular complexity index is 597. The molecule has 0 saturated carbocycles. The van der Waals surface area contributed by atoms with Gasteiger partial charge in [0.25, 0.3) is 5.91 Å². The largest absolute Gasteiger partial charge is 0.506 e. The van der Waals surface area contributed by atoms with Gasteiger partial charge in [-0.1, -0.05) is 23.2 Å². The van der Waals surface area contributed by atoms with Crippen LogP contribution in [0.4, 0.5) is 0 Å². The molecule has 0 atom stereocenters. The van der Waals surface area contributed by atoms with Crippen LogP contribution in [0.1, 0.15) is 12.5 Å². The van der Waals surface area contributed by atoms with Crippen LogP contribution >= 0.6 is 23.2 Å². The number of hydrogen-bond donors (Lipinski definition) is 1. The van der Waals surface area contributed by atoms with Crippen LogP contribution in [0.3, 0.4) is 0 Å². The van der Waals surface area contributed by atoms with Crippen LogP contribution in [0.5, 0.6) is 0 Å². The monoisotopic (exact) mass is 331 g/mol. The first-order chi connectivity index (χ1) is 9.79. The summed E-state index contributed by atoms with van der Waals surface area (Å²) in [5.74, 6) is -2.15. The van der Waals surface area contributed by atoms with Crippen molar-refractivity contribution in [1.82, 2.24) is 4.90 Å². The lowest BCUT2D eigenvalue weighted by Crippen LogP contribution is -2.29. The van der Waals surface area contributed by atoms with E-state index >= 15 is 0 Å². The lowest BCUT2D eigenvalue weighted by atomic mass is 10.1. The van der Waals surface area contributed by atoms with Crippen molar-refractivity contribution in [2.24, 2.45) is 0 Å². The lowest BCUT2D eigenvalue weighted by molar-refractivity contribution is -0.141. The third-order valence-electron chi connectivity index (χ3n) is 2.52. The average Bonchev–Trinajstić information content (AvgIpc) is 2.38. The molecule has 114 valence electrons. The molecule has 0 bridgehead atoms. The minimum atomic E-state index is -0.917. The second-order valence-corrected chi connectivity index (χ2v) is 5.11. The fourth-order valence-electron chi connectivity index (χ4n) is 1.53. The Kier molecular flexibility index (Phi) is 6.05. The van der Waals surface area contributed by atoms with E-state index in [-0.39, 0.29) is 17.2 Å². The van der Waals surface area contributed by atoms with Gasteiger partial charge >= 0.3 is 5.97 Å². The molecule has 7 heteroatoms. The van der Waals surface area contributed by atoms with Crippen LogP contribution < -0.4 is 0 Å². The zero-order valence-corrected chi connectivity index (χ0v) is 13.3. The fourth-order valence-corrected chi connectivity index (χ4v) is 2.03. The van der Waals surface area contributed by atoms with Crippen LogP contribution in [0, 0.1) is 0 Å². The van der Waals surface area contributed by atoms with Crippen molar-refractivity contribution < 1.29 is 19.4 Å². The van der Waals surface area contributed by atoms with Crippen LogP contribution in [-0.4, -0.2) is 42.6 Å². The number of amides is 1. The number of likely N-dealkylation sites (N-methyl/N-ethyl adjacent to an activating group) is 1. The number of rotatable bonds is 4. The van der Waals surface area contributed by atoms with Crippen molar-refractivity contribution in [3.63, 3.8) is 0 Å². The molecule has 1 aromatic carbocycles. The van der Waals surface area contributed by atoms with Gasteiger partial charge in [-0.25, -0.2) is 4.79 Å². The van der Waals surface area contributed by atoms with Gasteiger partial charge in [-0.3, -0.25) is 4.79 Å². The van der Waals surface area contributed by atoms with Gasteiger partial charge in [-0.05, 0) is 25.1 Å². The summed E-state index contributed by atoms with van der Waals surface area (Å²) in [6, 6.07) is 4.31. The average molecular weight is 332 g/mol. The molecule has 1 rings (SSSR count). The highest BCUT2D eigenvalue weighted by atomic mass is 35.5. The predicted molar refractivity (Wildman–Crippen MR) is 81.3 cm³/mol. The van der Waals surface area contributed by atoms with Crippen LogP contribution in [0.2, 0.25) is 10.0 Å². The Morgan fingerprint density at radius 2 is 1.90 bits per heavy atom. The third kappa shape index (κ3) is 4.12. The first-order valence-electron chi connectivity index (χ1n) is 6.07. The summed E-state index contributed by atoms with van der Waals surface area (Å²) in [5.41, 5.74) is -0.356. The molecule has 0 aliphatic carbocycles. The highest BCUT2D eigenvalue weighted by Crippen LogP contribution is 2.28. The zero-order chi connectivity index (χ0) is 16.2. The molecule has 0 aliphatic heterocycles. The Hall–Kier alpha value is -1.72. The number of hydrogen-bond acceptors (Lipinski definition) is 4. The van der Waals surface area contributed by atoms with E-state index < -0.39 is 23.2 Å². The molecule has 0 unspecified atom stereocenters. The molecule has 0 saturated heterocycles. The fraction of sp³-hybridized carbons (Fsp3) is 0.286. The Morgan fingerprint density at radius 3 is 2.38 bits per heavy atom. The first-order valence-corrected chi connectivity index (χ1v) is 6.82. The van der Waals surface area contributed by atoms with Crippen LogP contribution in [-0.2, 0) is 14.3 Å². The van der Waals surface area contributed by atoms with Gasteiger partial charge in [0.1, 0.15) is 5.76 Å². The van der Waals surface area contributed by atoms with Gasteiger partial charge < -0.3 is 14.7 Å². The number of benzene rings is 1. The summed E-state index contributed by atoms with van der Waals surface area (Å²) in [5, 5.41) is 10.8. The van der Waals surface area contributed by atoms with E-state index in [2.05, 4.69) is 0 Å². The Labute approximate surface area is 132 Å². The van der Waals surface area contributed by atoms with Gasteiger partial charge in [0.15, 0.2) is 5.57 Å². The summed E-state index contributed by atoms with van der Waals surface area (Å²) >= 11 is 11.8. The Morgan fingerprint density at radius 1 is 1.29 bits per heavy atom. The molecular formula is C14H15Cl2NO4. The number of nitrogens with zero attached hydrogens (tertiary/aromatic N) is 1. The van der Waals surface area contributed by atoms with E-state index in [1.54, 1.807) is 6.92 Å². The molecule has 0 radical (unpaired) electrons. The first kappa shape index (κ1) is 17.3. The molecule has 21 heavy (non-hydrogen) atoms. The number of aliphatic hydroxyl groups excluding tert-OH is 1. The van der Waals surface area contributed by atoms with E-state index in [0.717, 1.165) is 4.90 Å². The second kappa shape index (κ2) is 7.33.